The van der Waals surface area contributed by atoms with Crippen LogP contribution in [0.25, 0.3) is 0 Å². The fourth-order valence-electron chi connectivity index (χ4n) is 1.75. The van der Waals surface area contributed by atoms with Crippen LogP contribution in [0.5, 0.6) is 0 Å². The van der Waals surface area contributed by atoms with Crippen molar-refractivity contribution >= 4 is 5.97 Å². The van der Waals surface area contributed by atoms with E-state index in [1.165, 1.54) is 30.6 Å². The van der Waals surface area contributed by atoms with E-state index < -0.39 is 17.7 Å². The molecule has 1 aromatic carbocycles. The first-order valence-electron chi connectivity index (χ1n) is 5.29. The standard InChI is InChI=1S/C12H9F3N2O2/c13-12(14,15)9-4-2-1-3-8(9)7-17-6-5-16-10(17)11(18)19/h1-6H,7H2,(H,18,19). The van der Waals surface area contributed by atoms with Gasteiger partial charge in [-0.2, -0.15) is 13.2 Å². The van der Waals surface area contributed by atoms with Crippen molar-refractivity contribution in [1.29, 1.82) is 0 Å². The molecule has 100 valence electrons. The molecule has 1 heterocycles. The number of aromatic nitrogens is 2. The Morgan fingerprint density at radius 1 is 1.32 bits per heavy atom. The van der Waals surface area contributed by atoms with Gasteiger partial charge < -0.3 is 9.67 Å². The maximum absolute atomic E-state index is 12.8. The number of alkyl halides is 3. The van der Waals surface area contributed by atoms with E-state index in [4.69, 9.17) is 5.11 Å². The van der Waals surface area contributed by atoms with Crippen LogP contribution in [0, 0.1) is 0 Å². The Bertz CT molecular complexity index is 605. The second-order valence-electron chi connectivity index (χ2n) is 3.84. The first-order chi connectivity index (χ1) is 8.89. The fraction of sp³-hybridized carbons (Fsp3) is 0.167. The number of hydrogen-bond donors (Lipinski definition) is 1. The molecule has 7 heteroatoms. The molecule has 0 radical (unpaired) electrons. The molecular weight excluding hydrogens is 261 g/mol. The molecule has 1 N–H and O–H groups in total. The second-order valence-corrected chi connectivity index (χ2v) is 3.84. The normalized spacial score (nSPS) is 11.5. The Kier molecular flexibility index (Phi) is 3.28. The molecule has 1 aromatic heterocycles. The maximum Gasteiger partial charge on any atom is 0.416 e. The molecule has 0 aliphatic rings. The number of halogens is 3. The molecule has 0 amide bonds. The summed E-state index contributed by atoms with van der Waals surface area (Å²) in [6.45, 7) is -0.197. The number of aromatic carboxylic acids is 1. The third-order valence-electron chi connectivity index (χ3n) is 2.57. The largest absolute Gasteiger partial charge is 0.475 e. The SMILES string of the molecule is O=C(O)c1nccn1Cc1ccccc1C(F)(F)F. The van der Waals surface area contributed by atoms with Gasteiger partial charge >= 0.3 is 12.1 Å². The first kappa shape index (κ1) is 13.1. The van der Waals surface area contributed by atoms with Crippen molar-refractivity contribution in [1.82, 2.24) is 9.55 Å². The Hall–Kier alpha value is -2.31. The second kappa shape index (κ2) is 4.75. The van der Waals surface area contributed by atoms with Crippen LogP contribution >= 0.6 is 0 Å². The van der Waals surface area contributed by atoms with E-state index in [9.17, 15) is 18.0 Å². The molecule has 0 aliphatic heterocycles. The predicted molar refractivity (Wildman–Crippen MR) is 59.7 cm³/mol. The van der Waals surface area contributed by atoms with Crippen LogP contribution in [0.1, 0.15) is 21.7 Å². The van der Waals surface area contributed by atoms with Gasteiger partial charge in [-0.05, 0) is 11.6 Å². The highest BCUT2D eigenvalue weighted by Crippen LogP contribution is 2.32. The molecule has 0 spiro atoms. The molecule has 2 rings (SSSR count). The van der Waals surface area contributed by atoms with E-state index in [1.807, 2.05) is 0 Å². The van der Waals surface area contributed by atoms with Crippen molar-refractivity contribution in [3.05, 3.63) is 53.6 Å². The summed E-state index contributed by atoms with van der Waals surface area (Å²) in [7, 11) is 0. The molecule has 0 bridgehead atoms. The minimum absolute atomic E-state index is 0.00417. The highest BCUT2D eigenvalue weighted by molar-refractivity contribution is 5.83. The molecule has 0 unspecified atom stereocenters. The first-order valence-corrected chi connectivity index (χ1v) is 5.29. The monoisotopic (exact) mass is 270 g/mol. The minimum atomic E-state index is -4.47. The summed E-state index contributed by atoms with van der Waals surface area (Å²) >= 11 is 0. The number of benzene rings is 1. The third kappa shape index (κ3) is 2.75. The summed E-state index contributed by atoms with van der Waals surface area (Å²) in [5.41, 5.74) is -0.782. The average Bonchev–Trinajstić information content (AvgIpc) is 2.76. The van der Waals surface area contributed by atoms with Crippen LogP contribution in [0.2, 0.25) is 0 Å². The van der Waals surface area contributed by atoms with E-state index in [2.05, 4.69) is 4.98 Å². The highest BCUT2D eigenvalue weighted by atomic mass is 19.4. The molecular formula is C12H9F3N2O2. The number of rotatable bonds is 3. The zero-order valence-corrected chi connectivity index (χ0v) is 9.55. The van der Waals surface area contributed by atoms with Crippen LogP contribution < -0.4 is 0 Å². The third-order valence-corrected chi connectivity index (χ3v) is 2.57. The van der Waals surface area contributed by atoms with Gasteiger partial charge in [0.25, 0.3) is 0 Å². The number of carboxylic acids is 1. The molecule has 2 aromatic rings. The van der Waals surface area contributed by atoms with Gasteiger partial charge in [0, 0.05) is 18.9 Å². The minimum Gasteiger partial charge on any atom is -0.475 e. The van der Waals surface area contributed by atoms with Gasteiger partial charge in [-0.25, -0.2) is 9.78 Å². The summed E-state index contributed by atoms with van der Waals surface area (Å²) in [5, 5.41) is 8.86. The van der Waals surface area contributed by atoms with Crippen molar-refractivity contribution in [2.75, 3.05) is 0 Å². The molecule has 0 atom stereocenters. The maximum atomic E-state index is 12.8. The van der Waals surface area contributed by atoms with E-state index >= 15 is 0 Å². The molecule has 0 saturated heterocycles. The summed E-state index contributed by atoms with van der Waals surface area (Å²) in [4.78, 5) is 14.4. The summed E-state index contributed by atoms with van der Waals surface area (Å²) in [5.74, 6) is -1.58. The lowest BCUT2D eigenvalue weighted by Gasteiger charge is -2.13. The molecule has 0 fully saturated rings. The van der Waals surface area contributed by atoms with E-state index in [-0.39, 0.29) is 17.9 Å². The lowest BCUT2D eigenvalue weighted by molar-refractivity contribution is -0.138. The van der Waals surface area contributed by atoms with Gasteiger partial charge in [-0.15, -0.1) is 0 Å². The van der Waals surface area contributed by atoms with Crippen molar-refractivity contribution in [3.8, 4) is 0 Å². The zero-order valence-electron chi connectivity index (χ0n) is 9.55. The van der Waals surface area contributed by atoms with Crippen LogP contribution in [-0.4, -0.2) is 20.6 Å². The number of imidazole rings is 1. The fourth-order valence-corrected chi connectivity index (χ4v) is 1.75. The van der Waals surface area contributed by atoms with Crippen LogP contribution in [0.15, 0.2) is 36.7 Å². The molecule has 4 nitrogen and oxygen atoms in total. The Labute approximate surface area is 106 Å². The highest BCUT2D eigenvalue weighted by Gasteiger charge is 2.33. The van der Waals surface area contributed by atoms with Gasteiger partial charge in [0.05, 0.1) is 5.56 Å². The number of hydrogen-bond acceptors (Lipinski definition) is 2. The lowest BCUT2D eigenvalue weighted by Crippen LogP contribution is -2.14. The van der Waals surface area contributed by atoms with E-state index in [0.29, 0.717) is 0 Å². The molecule has 0 aliphatic carbocycles. The van der Waals surface area contributed by atoms with Gasteiger partial charge in [-0.3, -0.25) is 0 Å². The quantitative estimate of drug-likeness (QED) is 0.932. The zero-order chi connectivity index (χ0) is 14.0. The molecule has 19 heavy (non-hydrogen) atoms. The summed E-state index contributed by atoms with van der Waals surface area (Å²) in [6.07, 6.45) is -1.91. The average molecular weight is 270 g/mol. The van der Waals surface area contributed by atoms with E-state index in [1.54, 1.807) is 0 Å². The lowest BCUT2D eigenvalue weighted by atomic mass is 10.1. The van der Waals surface area contributed by atoms with Crippen LogP contribution in [-0.2, 0) is 12.7 Å². The molecule has 0 saturated carbocycles. The van der Waals surface area contributed by atoms with Crippen molar-refractivity contribution in [2.45, 2.75) is 12.7 Å². The Morgan fingerprint density at radius 2 is 2.00 bits per heavy atom. The topological polar surface area (TPSA) is 55.1 Å². The Balaban J connectivity index is 2.39. The van der Waals surface area contributed by atoms with Gasteiger partial charge in [0.2, 0.25) is 5.82 Å². The van der Waals surface area contributed by atoms with Crippen molar-refractivity contribution in [2.24, 2.45) is 0 Å². The Morgan fingerprint density at radius 3 is 2.63 bits per heavy atom. The van der Waals surface area contributed by atoms with E-state index in [0.717, 1.165) is 10.6 Å². The van der Waals surface area contributed by atoms with Gasteiger partial charge in [0.1, 0.15) is 0 Å². The predicted octanol–water partition coefficient (Wildman–Crippen LogP) is 2.65. The number of carboxylic acid groups (broad SMARTS) is 1. The van der Waals surface area contributed by atoms with Gasteiger partial charge in [-0.1, -0.05) is 18.2 Å². The van der Waals surface area contributed by atoms with Crippen molar-refractivity contribution < 1.29 is 23.1 Å². The van der Waals surface area contributed by atoms with Gasteiger partial charge in [0.15, 0.2) is 0 Å². The summed E-state index contributed by atoms with van der Waals surface area (Å²) in [6, 6.07) is 5.04. The van der Waals surface area contributed by atoms with Crippen LogP contribution in [0.4, 0.5) is 13.2 Å². The van der Waals surface area contributed by atoms with Crippen LogP contribution in [0.3, 0.4) is 0 Å². The smallest absolute Gasteiger partial charge is 0.416 e. The summed E-state index contributed by atoms with van der Waals surface area (Å²) < 4.78 is 39.5. The van der Waals surface area contributed by atoms with Crippen molar-refractivity contribution in [3.63, 3.8) is 0 Å². The number of carbonyl (C=O) groups is 1. The number of nitrogens with zero attached hydrogens (tertiary/aromatic N) is 2.